The van der Waals surface area contributed by atoms with Gasteiger partial charge in [-0.1, -0.05) is 30.3 Å². The van der Waals surface area contributed by atoms with Crippen LogP contribution in [0, 0.1) is 0 Å². The predicted octanol–water partition coefficient (Wildman–Crippen LogP) is 2.49. The van der Waals surface area contributed by atoms with Crippen LogP contribution in [0.4, 0.5) is 0 Å². The normalized spacial score (nSPS) is 11.1. The van der Waals surface area contributed by atoms with E-state index in [1.54, 1.807) is 24.4 Å². The first-order valence-corrected chi connectivity index (χ1v) is 7.85. The molecular formula is C19H17N3O3. The van der Waals surface area contributed by atoms with Crippen LogP contribution in [0.25, 0.3) is 10.8 Å². The highest BCUT2D eigenvalue weighted by atomic mass is 16.3. The van der Waals surface area contributed by atoms with E-state index in [2.05, 4.69) is 10.5 Å². The molecule has 0 atom stereocenters. The van der Waals surface area contributed by atoms with Crippen molar-refractivity contribution < 1.29 is 9.90 Å². The topological polar surface area (TPSA) is 83.7 Å². The summed E-state index contributed by atoms with van der Waals surface area (Å²) < 4.78 is 1.44. The van der Waals surface area contributed by atoms with Crippen molar-refractivity contribution in [3.8, 4) is 5.75 Å². The number of carbonyl (C=O) groups excluding carboxylic acids is 1. The summed E-state index contributed by atoms with van der Waals surface area (Å²) >= 11 is 0. The Labute approximate surface area is 144 Å². The SMILES string of the molecule is CCn1cccc(C(=O)N/N=C\c2c(O)ccc3ccccc23)c1=O. The number of phenols is 1. The number of carbonyl (C=O) groups is 1. The number of nitrogens with one attached hydrogen (secondary N) is 1. The number of benzene rings is 2. The second-order valence-electron chi connectivity index (χ2n) is 5.43. The van der Waals surface area contributed by atoms with Crippen molar-refractivity contribution >= 4 is 22.9 Å². The van der Waals surface area contributed by atoms with Gasteiger partial charge in [-0.05, 0) is 35.9 Å². The zero-order valence-corrected chi connectivity index (χ0v) is 13.6. The van der Waals surface area contributed by atoms with Crippen molar-refractivity contribution in [2.24, 2.45) is 5.10 Å². The van der Waals surface area contributed by atoms with Crippen LogP contribution in [0.1, 0.15) is 22.8 Å². The summed E-state index contributed by atoms with van der Waals surface area (Å²) in [7, 11) is 0. The molecule has 0 fully saturated rings. The molecule has 0 aliphatic heterocycles. The van der Waals surface area contributed by atoms with Crippen molar-refractivity contribution in [1.82, 2.24) is 9.99 Å². The number of pyridine rings is 1. The van der Waals surface area contributed by atoms with Crippen molar-refractivity contribution in [1.29, 1.82) is 0 Å². The molecule has 2 N–H and O–H groups in total. The zero-order valence-electron chi connectivity index (χ0n) is 13.6. The number of amides is 1. The van der Waals surface area contributed by atoms with E-state index in [0.29, 0.717) is 12.1 Å². The zero-order chi connectivity index (χ0) is 17.8. The number of aromatic hydroxyl groups is 1. The van der Waals surface area contributed by atoms with E-state index in [9.17, 15) is 14.7 Å². The molecule has 2 aromatic carbocycles. The summed E-state index contributed by atoms with van der Waals surface area (Å²) in [6.45, 7) is 2.30. The molecule has 1 amide bonds. The Balaban J connectivity index is 1.86. The fraction of sp³-hybridized carbons (Fsp3) is 0.105. The van der Waals surface area contributed by atoms with Crippen LogP contribution >= 0.6 is 0 Å². The van der Waals surface area contributed by atoms with Crippen LogP contribution in [-0.4, -0.2) is 21.8 Å². The number of aryl methyl sites for hydroxylation is 1. The molecular weight excluding hydrogens is 318 g/mol. The molecule has 0 saturated heterocycles. The number of rotatable bonds is 4. The Morgan fingerprint density at radius 1 is 1.20 bits per heavy atom. The largest absolute Gasteiger partial charge is 0.507 e. The van der Waals surface area contributed by atoms with Crippen LogP contribution in [0.5, 0.6) is 5.75 Å². The van der Waals surface area contributed by atoms with E-state index in [-0.39, 0.29) is 16.9 Å². The number of hydrazone groups is 1. The number of aromatic nitrogens is 1. The first kappa shape index (κ1) is 16.4. The number of hydrogen-bond donors (Lipinski definition) is 2. The number of fused-ring (bicyclic) bond motifs is 1. The third-order valence-corrected chi connectivity index (χ3v) is 3.91. The molecule has 0 aliphatic rings. The number of nitrogens with zero attached hydrogens (tertiary/aromatic N) is 2. The van der Waals surface area contributed by atoms with Gasteiger partial charge in [-0.15, -0.1) is 0 Å². The summed E-state index contributed by atoms with van der Waals surface area (Å²) in [5.41, 5.74) is 2.48. The average molecular weight is 335 g/mol. The highest BCUT2D eigenvalue weighted by Gasteiger charge is 2.11. The monoisotopic (exact) mass is 335 g/mol. The van der Waals surface area contributed by atoms with E-state index < -0.39 is 5.91 Å². The van der Waals surface area contributed by atoms with Gasteiger partial charge in [-0.3, -0.25) is 9.59 Å². The molecule has 0 spiro atoms. The minimum atomic E-state index is -0.594. The van der Waals surface area contributed by atoms with Gasteiger partial charge in [0.25, 0.3) is 11.5 Å². The highest BCUT2D eigenvalue weighted by Crippen LogP contribution is 2.25. The van der Waals surface area contributed by atoms with Crippen LogP contribution < -0.4 is 11.0 Å². The molecule has 1 aromatic heterocycles. The van der Waals surface area contributed by atoms with E-state index >= 15 is 0 Å². The predicted molar refractivity (Wildman–Crippen MR) is 97.0 cm³/mol. The molecule has 6 nitrogen and oxygen atoms in total. The maximum Gasteiger partial charge on any atom is 0.276 e. The van der Waals surface area contributed by atoms with Crippen molar-refractivity contribution in [3.05, 3.63) is 76.2 Å². The molecule has 3 aromatic rings. The van der Waals surface area contributed by atoms with E-state index in [1.807, 2.05) is 31.2 Å². The van der Waals surface area contributed by atoms with Gasteiger partial charge in [-0.2, -0.15) is 5.10 Å². The Morgan fingerprint density at radius 3 is 2.80 bits per heavy atom. The van der Waals surface area contributed by atoms with Gasteiger partial charge in [-0.25, -0.2) is 5.43 Å². The molecule has 3 rings (SSSR count). The van der Waals surface area contributed by atoms with Gasteiger partial charge in [0.1, 0.15) is 11.3 Å². The molecule has 0 radical (unpaired) electrons. The fourth-order valence-corrected chi connectivity index (χ4v) is 2.59. The Hall–Kier alpha value is -3.41. The lowest BCUT2D eigenvalue weighted by Crippen LogP contribution is -2.30. The molecule has 0 unspecified atom stereocenters. The highest BCUT2D eigenvalue weighted by molar-refractivity contribution is 6.03. The van der Waals surface area contributed by atoms with Crippen molar-refractivity contribution in [2.45, 2.75) is 13.5 Å². The standard InChI is InChI=1S/C19H17N3O3/c1-2-22-11-5-8-15(19(22)25)18(24)21-20-12-16-14-7-4-3-6-13(14)9-10-17(16)23/h3-12,23H,2H2,1H3,(H,21,24)/b20-12-. The van der Waals surface area contributed by atoms with Crippen LogP contribution in [0.3, 0.4) is 0 Å². The second-order valence-corrected chi connectivity index (χ2v) is 5.43. The average Bonchev–Trinajstić information content (AvgIpc) is 2.63. The first-order valence-electron chi connectivity index (χ1n) is 7.85. The maximum absolute atomic E-state index is 12.2. The fourth-order valence-electron chi connectivity index (χ4n) is 2.59. The molecule has 0 saturated carbocycles. The summed E-state index contributed by atoms with van der Waals surface area (Å²) in [6, 6.07) is 14.0. The van der Waals surface area contributed by atoms with E-state index in [0.717, 1.165) is 10.8 Å². The smallest absolute Gasteiger partial charge is 0.276 e. The summed E-state index contributed by atoms with van der Waals surface area (Å²) in [4.78, 5) is 24.3. The summed E-state index contributed by atoms with van der Waals surface area (Å²) in [5, 5.41) is 15.7. The lowest BCUT2D eigenvalue weighted by atomic mass is 10.0. The molecule has 25 heavy (non-hydrogen) atoms. The molecule has 6 heteroatoms. The lowest BCUT2D eigenvalue weighted by molar-refractivity contribution is 0.0953. The van der Waals surface area contributed by atoms with Crippen LogP contribution in [0.2, 0.25) is 0 Å². The van der Waals surface area contributed by atoms with E-state index in [4.69, 9.17) is 0 Å². The molecule has 1 heterocycles. The summed E-state index contributed by atoms with van der Waals surface area (Å²) in [5.74, 6) is -0.534. The van der Waals surface area contributed by atoms with Crippen molar-refractivity contribution in [3.63, 3.8) is 0 Å². The van der Waals surface area contributed by atoms with Gasteiger partial charge in [0, 0.05) is 18.3 Å². The minimum Gasteiger partial charge on any atom is -0.507 e. The van der Waals surface area contributed by atoms with Crippen LogP contribution in [0.15, 0.2) is 64.6 Å². The summed E-state index contributed by atoms with van der Waals surface area (Å²) in [6.07, 6.45) is 2.99. The third-order valence-electron chi connectivity index (χ3n) is 3.91. The second kappa shape index (κ2) is 7.00. The number of hydrogen-bond acceptors (Lipinski definition) is 4. The molecule has 0 aliphatic carbocycles. The van der Waals surface area contributed by atoms with Crippen molar-refractivity contribution in [2.75, 3.05) is 0 Å². The Bertz CT molecular complexity index is 1020. The minimum absolute atomic E-state index is 0.0173. The van der Waals surface area contributed by atoms with Gasteiger partial charge in [0.15, 0.2) is 0 Å². The Morgan fingerprint density at radius 2 is 2.00 bits per heavy atom. The first-order chi connectivity index (χ1) is 12.1. The third kappa shape index (κ3) is 3.28. The Kier molecular flexibility index (Phi) is 4.61. The maximum atomic E-state index is 12.2. The van der Waals surface area contributed by atoms with Gasteiger partial charge < -0.3 is 9.67 Å². The number of phenolic OH excluding ortho intramolecular Hbond substituents is 1. The molecule has 0 bridgehead atoms. The molecule has 126 valence electrons. The lowest BCUT2D eigenvalue weighted by Gasteiger charge is -2.05. The van der Waals surface area contributed by atoms with Crippen LogP contribution in [-0.2, 0) is 6.54 Å². The van der Waals surface area contributed by atoms with Gasteiger partial charge >= 0.3 is 0 Å². The van der Waals surface area contributed by atoms with E-state index in [1.165, 1.54) is 16.8 Å². The van der Waals surface area contributed by atoms with Gasteiger partial charge in [0.2, 0.25) is 0 Å². The quantitative estimate of drug-likeness (QED) is 0.567. The van der Waals surface area contributed by atoms with Gasteiger partial charge in [0.05, 0.1) is 6.21 Å².